The van der Waals surface area contributed by atoms with E-state index >= 15 is 0 Å². The molecule has 0 bridgehead atoms. The molecular formula is C6H7KMgO11S. The van der Waals surface area contributed by atoms with Crippen molar-refractivity contribution in [1.29, 1.82) is 0 Å². The van der Waals surface area contributed by atoms with Crippen LogP contribution in [-0.4, -0.2) is 79.4 Å². The first-order valence-corrected chi connectivity index (χ1v) is 5.15. The molecule has 20 heavy (non-hydrogen) atoms. The van der Waals surface area contributed by atoms with Gasteiger partial charge in [0.2, 0.25) is 0 Å². The van der Waals surface area contributed by atoms with Crippen LogP contribution in [0, 0.1) is 0 Å². The van der Waals surface area contributed by atoms with Gasteiger partial charge in [0.15, 0.2) is 5.60 Å². The van der Waals surface area contributed by atoms with Crippen molar-refractivity contribution >= 4 is 51.4 Å². The molecule has 0 heterocycles. The molecule has 0 aromatic carbocycles. The number of carboxylic acid groups (broad SMARTS) is 3. The molecule has 0 aliphatic rings. The van der Waals surface area contributed by atoms with E-state index in [1.165, 1.54) is 0 Å². The van der Waals surface area contributed by atoms with Gasteiger partial charge < -0.3 is 34.3 Å². The number of hydrogen-bond donors (Lipinski definition) is 3. The Morgan fingerprint density at radius 1 is 1.05 bits per heavy atom. The van der Waals surface area contributed by atoms with E-state index in [0.29, 0.717) is 0 Å². The molecule has 0 aromatic rings. The molecule has 0 rings (SSSR count). The van der Waals surface area contributed by atoms with E-state index in [0.717, 1.165) is 0 Å². The minimum absolute atomic E-state index is 0. The van der Waals surface area contributed by atoms with E-state index in [4.69, 9.17) is 32.8 Å². The van der Waals surface area contributed by atoms with Gasteiger partial charge in [0.25, 0.3) is 0 Å². The third-order valence-corrected chi connectivity index (χ3v) is 1.28. The van der Waals surface area contributed by atoms with Crippen molar-refractivity contribution in [3.8, 4) is 0 Å². The molecule has 0 amide bonds. The van der Waals surface area contributed by atoms with Crippen LogP contribution >= 0.6 is 0 Å². The van der Waals surface area contributed by atoms with Crippen molar-refractivity contribution in [3.05, 3.63) is 0 Å². The van der Waals surface area contributed by atoms with E-state index in [9.17, 15) is 19.5 Å². The fourth-order valence-corrected chi connectivity index (χ4v) is 0.703. The number of aliphatic carboxylic acids is 3. The second-order valence-corrected chi connectivity index (χ2v) is 3.68. The number of carbonyl (C=O) groups excluding carboxylic acids is 1. The van der Waals surface area contributed by atoms with Gasteiger partial charge in [0.05, 0.1) is 6.42 Å². The molecule has 3 N–H and O–H groups in total. The van der Waals surface area contributed by atoms with E-state index < -0.39 is 46.7 Å². The zero-order chi connectivity index (χ0) is 15.1. The fourth-order valence-electron chi connectivity index (χ4n) is 0.703. The quantitative estimate of drug-likeness (QED) is 0.240. The molecule has 0 aromatic heterocycles. The van der Waals surface area contributed by atoms with Gasteiger partial charge in [-0.1, -0.05) is 0 Å². The van der Waals surface area contributed by atoms with Crippen LogP contribution in [0.4, 0.5) is 0 Å². The third-order valence-electron chi connectivity index (χ3n) is 1.28. The minimum atomic E-state index is -5.17. The van der Waals surface area contributed by atoms with Crippen molar-refractivity contribution in [2.45, 2.75) is 18.4 Å². The first kappa shape index (κ1) is 28.8. The van der Waals surface area contributed by atoms with Crippen molar-refractivity contribution in [2.24, 2.45) is 0 Å². The van der Waals surface area contributed by atoms with Crippen LogP contribution in [-0.2, 0) is 24.8 Å². The summed E-state index contributed by atoms with van der Waals surface area (Å²) in [5, 5.41) is 35.5. The summed E-state index contributed by atoms with van der Waals surface area (Å²) in [7, 11) is -5.17. The monoisotopic (exact) mass is 350 g/mol. The molecule has 106 valence electrons. The standard InChI is InChI=1S/C6H8O7.K.Mg.H2O4S/c7-3(8)1-6(13,5(11)12)2-4(9)10;;;1-5(2,3)4/h13H,1-2H2,(H,7,8)(H,9,10)(H,11,12);;;(H2,1,2,3,4)/q;+1;+2;/p-3. The zero-order valence-electron chi connectivity index (χ0n) is 10.1. The molecule has 0 aliphatic carbocycles. The second kappa shape index (κ2) is 12.2. The van der Waals surface area contributed by atoms with Crippen molar-refractivity contribution in [2.75, 3.05) is 0 Å². The Balaban J connectivity index is -0.000000158. The maximum atomic E-state index is 10.3. The number of hydrogen-bond acceptors (Lipinski definition) is 9. The summed E-state index contributed by atoms with van der Waals surface area (Å²) in [5.74, 6) is -5.34. The third kappa shape index (κ3) is 21.0. The maximum absolute atomic E-state index is 10.3. The summed E-state index contributed by atoms with van der Waals surface area (Å²) < 4.78 is 34.1. The molecule has 0 spiro atoms. The summed E-state index contributed by atoms with van der Waals surface area (Å²) in [6.45, 7) is 0. The number of rotatable bonds is 5. The predicted octanol–water partition coefficient (Wildman–Crippen LogP) is -7.30. The maximum Gasteiger partial charge on any atom is 2.00 e. The molecule has 0 radical (unpaired) electrons. The Morgan fingerprint density at radius 3 is 1.50 bits per heavy atom. The van der Waals surface area contributed by atoms with Gasteiger partial charge >= 0.3 is 86.4 Å². The van der Waals surface area contributed by atoms with E-state index in [1.54, 1.807) is 0 Å². The number of aliphatic hydroxyl groups is 1. The van der Waals surface area contributed by atoms with Crippen molar-refractivity contribution < 1.29 is 104 Å². The van der Waals surface area contributed by atoms with Crippen molar-refractivity contribution in [3.63, 3.8) is 0 Å². The Kier molecular flexibility index (Phi) is 17.6. The van der Waals surface area contributed by atoms with Gasteiger partial charge in [-0.2, -0.15) is 0 Å². The number of carbonyl (C=O) groups is 3. The molecule has 0 fully saturated rings. The average molecular weight is 351 g/mol. The van der Waals surface area contributed by atoms with Gasteiger partial charge in [-0.15, -0.1) is 0 Å². The Labute approximate surface area is 171 Å². The summed E-state index contributed by atoms with van der Waals surface area (Å²) >= 11 is 0. The Bertz CT molecular complexity index is 408. The Morgan fingerprint density at radius 2 is 1.35 bits per heavy atom. The molecule has 0 saturated carbocycles. The predicted molar refractivity (Wildman–Crippen MR) is 50.7 cm³/mol. The molecule has 11 nitrogen and oxygen atoms in total. The Hall–Kier alpha value is 0.643. The van der Waals surface area contributed by atoms with Gasteiger partial charge in [-0.25, -0.2) is 4.79 Å². The van der Waals surface area contributed by atoms with Crippen molar-refractivity contribution in [1.82, 2.24) is 0 Å². The van der Waals surface area contributed by atoms with Crippen LogP contribution in [0.15, 0.2) is 0 Å². The van der Waals surface area contributed by atoms with E-state index in [2.05, 4.69) is 0 Å². The normalized spacial score (nSPS) is 12.3. The number of carboxylic acids is 3. The second-order valence-electron chi connectivity index (χ2n) is 2.86. The van der Waals surface area contributed by atoms with Crippen LogP contribution in [0.25, 0.3) is 0 Å². The zero-order valence-corrected chi connectivity index (χ0v) is 15.5. The summed E-state index contributed by atoms with van der Waals surface area (Å²) in [5.41, 5.74) is -2.80. The molecule has 14 heteroatoms. The van der Waals surface area contributed by atoms with Crippen LogP contribution in [0.1, 0.15) is 12.8 Å². The first-order chi connectivity index (χ1) is 7.78. The van der Waals surface area contributed by atoms with Crippen LogP contribution in [0.3, 0.4) is 0 Å². The largest absolute Gasteiger partial charge is 2.00 e. The van der Waals surface area contributed by atoms with Crippen LogP contribution in [0.2, 0.25) is 0 Å². The SMILES string of the molecule is O=C([O-])CC(O)(CC(=O)O)C(=O)O.O=S(=O)([O-])[O-].[K+].[Mg+2]. The fraction of sp³-hybridized carbons (Fsp3) is 0.500. The molecular weight excluding hydrogens is 344 g/mol. The van der Waals surface area contributed by atoms with Crippen LogP contribution in [0.5, 0.6) is 0 Å². The van der Waals surface area contributed by atoms with Crippen LogP contribution < -0.4 is 56.5 Å². The molecule has 0 aliphatic heterocycles. The molecule has 1 atom stereocenters. The van der Waals surface area contributed by atoms with Gasteiger partial charge in [0.1, 0.15) is 0 Å². The summed E-state index contributed by atoms with van der Waals surface area (Å²) in [6, 6.07) is 0. The topological polar surface area (TPSA) is 215 Å². The van der Waals surface area contributed by atoms with Gasteiger partial charge in [-0.05, 0) is 0 Å². The van der Waals surface area contributed by atoms with E-state index in [-0.39, 0.29) is 74.4 Å². The van der Waals surface area contributed by atoms with Gasteiger partial charge in [0, 0.05) is 22.8 Å². The molecule has 1 unspecified atom stereocenters. The minimum Gasteiger partial charge on any atom is -0.759 e. The first-order valence-electron chi connectivity index (χ1n) is 3.82. The van der Waals surface area contributed by atoms with Gasteiger partial charge in [-0.3, -0.25) is 13.2 Å². The summed E-state index contributed by atoms with van der Waals surface area (Å²) in [4.78, 5) is 30.3. The average Bonchev–Trinajstić information content (AvgIpc) is 1.95. The molecule has 0 saturated heterocycles. The summed E-state index contributed by atoms with van der Waals surface area (Å²) in [6.07, 6.45) is -2.44. The van der Waals surface area contributed by atoms with E-state index in [1.807, 2.05) is 0 Å². The smallest absolute Gasteiger partial charge is 0.759 e.